The van der Waals surface area contributed by atoms with Crippen molar-refractivity contribution < 1.29 is 4.79 Å². The summed E-state index contributed by atoms with van der Waals surface area (Å²) >= 11 is 0. The number of hydrogen-bond acceptors (Lipinski definition) is 2. The van der Waals surface area contributed by atoms with Crippen molar-refractivity contribution in [1.29, 1.82) is 0 Å². The summed E-state index contributed by atoms with van der Waals surface area (Å²) in [6.07, 6.45) is 5.85. The lowest BCUT2D eigenvalue weighted by atomic mass is 9.99. The molecule has 0 spiro atoms. The molecule has 1 rings (SSSR count). The maximum atomic E-state index is 11.8. The third kappa shape index (κ3) is 2.85. The lowest BCUT2D eigenvalue weighted by Gasteiger charge is -2.21. The number of carbonyl (C=O) groups is 1. The molecular formula is C13H16N2O. The highest BCUT2D eigenvalue weighted by atomic mass is 16.2. The molecule has 3 nitrogen and oxygen atoms in total. The number of nitrogens with two attached hydrogens (primary N) is 1. The van der Waals surface area contributed by atoms with Crippen LogP contribution in [0.2, 0.25) is 0 Å². The molecule has 0 aromatic heterocycles. The van der Waals surface area contributed by atoms with Gasteiger partial charge in [0, 0.05) is 11.3 Å². The molecular weight excluding hydrogens is 200 g/mol. The lowest BCUT2D eigenvalue weighted by Crippen LogP contribution is -2.47. The van der Waals surface area contributed by atoms with Crippen LogP contribution in [0.3, 0.4) is 0 Å². The molecule has 1 aromatic carbocycles. The number of benzene rings is 1. The van der Waals surface area contributed by atoms with Crippen LogP contribution in [0.5, 0.6) is 0 Å². The van der Waals surface area contributed by atoms with Gasteiger partial charge in [-0.05, 0) is 31.5 Å². The van der Waals surface area contributed by atoms with E-state index >= 15 is 0 Å². The van der Waals surface area contributed by atoms with Crippen LogP contribution in [0.1, 0.15) is 25.8 Å². The third-order valence-electron chi connectivity index (χ3n) is 2.54. The zero-order valence-electron chi connectivity index (χ0n) is 9.58. The zero-order chi connectivity index (χ0) is 12.2. The average Bonchev–Trinajstić information content (AvgIpc) is 2.29. The van der Waals surface area contributed by atoms with Gasteiger partial charge in [-0.15, -0.1) is 6.42 Å². The first-order valence-electron chi connectivity index (χ1n) is 5.16. The van der Waals surface area contributed by atoms with Crippen LogP contribution < -0.4 is 11.1 Å². The summed E-state index contributed by atoms with van der Waals surface area (Å²) in [7, 11) is 0. The Kier molecular flexibility index (Phi) is 3.70. The Balaban J connectivity index is 2.82. The molecule has 1 unspecified atom stereocenters. The molecule has 0 heterocycles. The molecule has 0 fully saturated rings. The van der Waals surface area contributed by atoms with E-state index in [-0.39, 0.29) is 5.91 Å². The molecule has 0 bridgehead atoms. The minimum absolute atomic E-state index is 0.204. The van der Waals surface area contributed by atoms with E-state index in [1.54, 1.807) is 31.2 Å². The fourth-order valence-electron chi connectivity index (χ4n) is 1.12. The van der Waals surface area contributed by atoms with Gasteiger partial charge in [-0.3, -0.25) is 4.79 Å². The molecule has 0 saturated carbocycles. The number of amides is 1. The average molecular weight is 216 g/mol. The number of terminal acetylenes is 1. The van der Waals surface area contributed by atoms with Gasteiger partial charge in [0.1, 0.15) is 0 Å². The zero-order valence-corrected chi connectivity index (χ0v) is 9.58. The van der Waals surface area contributed by atoms with Crippen LogP contribution in [-0.4, -0.2) is 11.4 Å². The van der Waals surface area contributed by atoms with Crippen molar-refractivity contribution in [1.82, 2.24) is 0 Å². The fourth-order valence-corrected chi connectivity index (χ4v) is 1.12. The predicted molar refractivity (Wildman–Crippen MR) is 65.9 cm³/mol. The molecule has 0 radical (unpaired) electrons. The van der Waals surface area contributed by atoms with E-state index in [0.717, 1.165) is 5.56 Å². The first-order valence-corrected chi connectivity index (χ1v) is 5.16. The Morgan fingerprint density at radius 1 is 1.62 bits per heavy atom. The topological polar surface area (TPSA) is 55.1 Å². The SMILES string of the molecule is C#Cc1cccc(NC(=O)C(C)(N)CC)c1. The Bertz CT molecular complexity index is 430. The van der Waals surface area contributed by atoms with Gasteiger partial charge in [0.05, 0.1) is 5.54 Å². The van der Waals surface area contributed by atoms with Gasteiger partial charge >= 0.3 is 0 Å². The Morgan fingerprint density at radius 2 is 2.31 bits per heavy atom. The second kappa shape index (κ2) is 4.82. The summed E-state index contributed by atoms with van der Waals surface area (Å²) in [6.45, 7) is 3.57. The van der Waals surface area contributed by atoms with E-state index in [2.05, 4.69) is 11.2 Å². The van der Waals surface area contributed by atoms with Gasteiger partial charge in [-0.1, -0.05) is 18.9 Å². The molecule has 1 atom stereocenters. The van der Waals surface area contributed by atoms with E-state index < -0.39 is 5.54 Å². The molecule has 0 aliphatic rings. The standard InChI is InChI=1S/C13H16N2O/c1-4-10-7-6-8-11(9-10)15-12(16)13(3,14)5-2/h1,6-9H,5,14H2,2-3H3,(H,15,16). The summed E-state index contributed by atoms with van der Waals surface area (Å²) in [5, 5.41) is 2.75. The van der Waals surface area contributed by atoms with Crippen molar-refractivity contribution in [3.63, 3.8) is 0 Å². The van der Waals surface area contributed by atoms with Crippen LogP contribution in [0.25, 0.3) is 0 Å². The van der Waals surface area contributed by atoms with E-state index in [1.165, 1.54) is 0 Å². The van der Waals surface area contributed by atoms with Crippen molar-refractivity contribution in [2.45, 2.75) is 25.8 Å². The monoisotopic (exact) mass is 216 g/mol. The molecule has 84 valence electrons. The van der Waals surface area contributed by atoms with Gasteiger partial charge in [0.25, 0.3) is 0 Å². The molecule has 0 aliphatic heterocycles. The van der Waals surface area contributed by atoms with Gasteiger partial charge in [-0.2, -0.15) is 0 Å². The number of rotatable bonds is 3. The first-order chi connectivity index (χ1) is 7.49. The molecule has 16 heavy (non-hydrogen) atoms. The van der Waals surface area contributed by atoms with Gasteiger partial charge < -0.3 is 11.1 Å². The maximum Gasteiger partial charge on any atom is 0.244 e. The van der Waals surface area contributed by atoms with Crippen molar-refractivity contribution in [3.8, 4) is 12.3 Å². The smallest absolute Gasteiger partial charge is 0.244 e. The quantitative estimate of drug-likeness (QED) is 0.756. The Morgan fingerprint density at radius 3 is 2.88 bits per heavy atom. The summed E-state index contributed by atoms with van der Waals surface area (Å²) in [4.78, 5) is 11.8. The van der Waals surface area contributed by atoms with Crippen LogP contribution in [-0.2, 0) is 4.79 Å². The number of hydrogen-bond donors (Lipinski definition) is 2. The normalized spacial score (nSPS) is 13.6. The minimum Gasteiger partial charge on any atom is -0.324 e. The third-order valence-corrected chi connectivity index (χ3v) is 2.54. The van der Waals surface area contributed by atoms with E-state index in [1.807, 2.05) is 6.92 Å². The minimum atomic E-state index is -0.855. The van der Waals surface area contributed by atoms with Gasteiger partial charge in [0.15, 0.2) is 0 Å². The predicted octanol–water partition coefficient (Wildman–Crippen LogP) is 1.73. The summed E-state index contributed by atoms with van der Waals surface area (Å²) in [6, 6.07) is 7.12. The number of nitrogens with one attached hydrogen (secondary N) is 1. The summed E-state index contributed by atoms with van der Waals surface area (Å²) in [5.41, 5.74) is 6.37. The van der Waals surface area contributed by atoms with Crippen molar-refractivity contribution >= 4 is 11.6 Å². The van der Waals surface area contributed by atoms with E-state index in [0.29, 0.717) is 12.1 Å². The second-order valence-electron chi connectivity index (χ2n) is 3.95. The highest BCUT2D eigenvalue weighted by molar-refractivity contribution is 5.97. The van der Waals surface area contributed by atoms with Gasteiger partial charge in [-0.25, -0.2) is 0 Å². The Labute approximate surface area is 96.0 Å². The van der Waals surface area contributed by atoms with Crippen LogP contribution >= 0.6 is 0 Å². The van der Waals surface area contributed by atoms with Crippen LogP contribution in [0.15, 0.2) is 24.3 Å². The highest BCUT2D eigenvalue weighted by Gasteiger charge is 2.25. The Hall–Kier alpha value is -1.79. The summed E-state index contributed by atoms with van der Waals surface area (Å²) < 4.78 is 0. The van der Waals surface area contributed by atoms with Crippen molar-refractivity contribution in [2.75, 3.05) is 5.32 Å². The fraction of sp³-hybridized carbons (Fsp3) is 0.308. The largest absolute Gasteiger partial charge is 0.324 e. The molecule has 1 aromatic rings. The molecule has 0 saturated heterocycles. The molecule has 3 N–H and O–H groups in total. The van der Waals surface area contributed by atoms with Crippen molar-refractivity contribution in [3.05, 3.63) is 29.8 Å². The van der Waals surface area contributed by atoms with Crippen molar-refractivity contribution in [2.24, 2.45) is 5.73 Å². The van der Waals surface area contributed by atoms with Gasteiger partial charge in [0.2, 0.25) is 5.91 Å². The van der Waals surface area contributed by atoms with Crippen LogP contribution in [0.4, 0.5) is 5.69 Å². The molecule has 3 heteroatoms. The number of anilines is 1. The highest BCUT2D eigenvalue weighted by Crippen LogP contribution is 2.13. The lowest BCUT2D eigenvalue weighted by molar-refractivity contribution is -0.120. The van der Waals surface area contributed by atoms with E-state index in [9.17, 15) is 4.79 Å². The van der Waals surface area contributed by atoms with E-state index in [4.69, 9.17) is 12.2 Å². The summed E-state index contributed by atoms with van der Waals surface area (Å²) in [5.74, 6) is 2.31. The number of carbonyl (C=O) groups excluding carboxylic acids is 1. The first kappa shape index (κ1) is 12.3. The van der Waals surface area contributed by atoms with Crippen LogP contribution in [0, 0.1) is 12.3 Å². The maximum absolute atomic E-state index is 11.8. The molecule has 1 amide bonds. The second-order valence-corrected chi connectivity index (χ2v) is 3.95. The molecule has 0 aliphatic carbocycles.